The minimum atomic E-state index is -0.509. The van der Waals surface area contributed by atoms with Crippen LogP contribution < -0.4 is 0 Å². The zero-order chi connectivity index (χ0) is 22.4. The number of hydrogen-bond acceptors (Lipinski definition) is 5. The second-order valence-electron chi connectivity index (χ2n) is 11.0. The lowest BCUT2D eigenvalue weighted by Gasteiger charge is -2.61. The third kappa shape index (κ3) is 3.72. The molecule has 5 heteroatoms. The van der Waals surface area contributed by atoms with Crippen molar-refractivity contribution in [1.29, 1.82) is 0 Å². The van der Waals surface area contributed by atoms with Gasteiger partial charge in [-0.2, -0.15) is 0 Å². The van der Waals surface area contributed by atoms with E-state index in [1.807, 2.05) is 20.8 Å². The molecule has 0 amide bonds. The molecule has 1 spiro atoms. The first-order valence-corrected chi connectivity index (χ1v) is 11.5. The quantitative estimate of drug-likeness (QED) is 0.451. The molecule has 0 aromatic carbocycles. The van der Waals surface area contributed by atoms with E-state index in [-0.39, 0.29) is 40.7 Å². The van der Waals surface area contributed by atoms with E-state index in [1.54, 1.807) is 0 Å². The van der Waals surface area contributed by atoms with Gasteiger partial charge in [-0.05, 0) is 57.4 Å². The summed E-state index contributed by atoms with van der Waals surface area (Å²) in [5, 5.41) is 0. The van der Waals surface area contributed by atoms with E-state index in [9.17, 15) is 9.59 Å². The highest BCUT2D eigenvalue weighted by atomic mass is 16.5. The molecule has 0 radical (unpaired) electrons. The minimum absolute atomic E-state index is 0.0586. The van der Waals surface area contributed by atoms with Gasteiger partial charge in [-0.1, -0.05) is 40.2 Å². The third-order valence-corrected chi connectivity index (χ3v) is 8.46. The number of methoxy groups -OCH3 is 1. The Bertz CT molecular complexity index is 727. The smallest absolute Gasteiger partial charge is 0.308 e. The van der Waals surface area contributed by atoms with Gasteiger partial charge in [0.25, 0.3) is 0 Å². The van der Waals surface area contributed by atoms with Crippen LogP contribution in [0.4, 0.5) is 0 Å². The normalized spacial score (nSPS) is 40.8. The lowest BCUT2D eigenvalue weighted by Crippen LogP contribution is -2.60. The van der Waals surface area contributed by atoms with Gasteiger partial charge < -0.3 is 14.2 Å². The Balaban J connectivity index is 1.91. The zero-order valence-electron chi connectivity index (χ0n) is 19.9. The molecular weight excluding hydrogens is 380 g/mol. The van der Waals surface area contributed by atoms with Crippen molar-refractivity contribution in [2.75, 3.05) is 13.7 Å². The van der Waals surface area contributed by atoms with Crippen molar-refractivity contribution in [3.63, 3.8) is 0 Å². The van der Waals surface area contributed by atoms with Crippen LogP contribution in [0.1, 0.15) is 86.5 Å². The first-order chi connectivity index (χ1) is 13.9. The Morgan fingerprint density at radius 3 is 2.50 bits per heavy atom. The van der Waals surface area contributed by atoms with Crippen LogP contribution in [0.25, 0.3) is 0 Å². The minimum Gasteiger partial charge on any atom is -0.469 e. The van der Waals surface area contributed by atoms with Crippen LogP contribution in [-0.2, 0) is 23.8 Å². The molecule has 1 aliphatic heterocycles. The molecule has 170 valence electrons. The van der Waals surface area contributed by atoms with Crippen LogP contribution in [0.15, 0.2) is 11.6 Å². The molecule has 30 heavy (non-hydrogen) atoms. The largest absolute Gasteiger partial charge is 0.469 e. The lowest BCUT2D eigenvalue weighted by molar-refractivity contribution is -0.202. The standard InChI is InChI=1S/C25H40O5/c1-17(2)21(27)29-16-22(4)11-8-12-24(6)19(22)10-9-18(3)25(24)14-13-23(5,30-25)15-20(26)28-7/h9,17,19H,8,10-16H2,1-7H3/t19-,22-,23-,24-,25+/m0/s1. The van der Waals surface area contributed by atoms with E-state index >= 15 is 0 Å². The van der Waals surface area contributed by atoms with Gasteiger partial charge in [-0.3, -0.25) is 9.59 Å². The first-order valence-electron chi connectivity index (χ1n) is 11.5. The fourth-order valence-corrected chi connectivity index (χ4v) is 6.64. The number of carbonyl (C=O) groups is 2. The molecule has 0 N–H and O–H groups in total. The molecule has 2 aliphatic carbocycles. The number of esters is 2. The molecule has 0 aromatic heterocycles. The highest BCUT2D eigenvalue weighted by Crippen LogP contribution is 2.66. The highest BCUT2D eigenvalue weighted by Gasteiger charge is 2.65. The Labute approximate surface area is 181 Å². The molecule has 1 heterocycles. The molecule has 0 bridgehead atoms. The van der Waals surface area contributed by atoms with Gasteiger partial charge in [0.1, 0.15) is 0 Å². The summed E-state index contributed by atoms with van der Waals surface area (Å²) in [5.41, 5.74) is 0.273. The summed E-state index contributed by atoms with van der Waals surface area (Å²) >= 11 is 0. The fraction of sp³-hybridized carbons (Fsp3) is 0.840. The molecule has 3 aliphatic rings. The second-order valence-corrected chi connectivity index (χ2v) is 11.0. The van der Waals surface area contributed by atoms with Crippen molar-refractivity contribution < 1.29 is 23.8 Å². The van der Waals surface area contributed by atoms with Crippen molar-refractivity contribution in [3.8, 4) is 0 Å². The van der Waals surface area contributed by atoms with E-state index in [0.29, 0.717) is 12.5 Å². The Kier molecular flexibility index (Phi) is 6.18. The van der Waals surface area contributed by atoms with Gasteiger partial charge >= 0.3 is 11.9 Å². The van der Waals surface area contributed by atoms with Gasteiger partial charge in [0.05, 0.1) is 37.3 Å². The van der Waals surface area contributed by atoms with Crippen LogP contribution in [0.3, 0.4) is 0 Å². The number of carbonyl (C=O) groups excluding carboxylic acids is 2. The van der Waals surface area contributed by atoms with Crippen molar-refractivity contribution >= 4 is 11.9 Å². The van der Waals surface area contributed by atoms with E-state index in [1.165, 1.54) is 12.7 Å². The molecule has 3 rings (SSSR count). The zero-order valence-corrected chi connectivity index (χ0v) is 19.9. The second kappa shape index (κ2) is 7.96. The van der Waals surface area contributed by atoms with Crippen molar-refractivity contribution in [1.82, 2.24) is 0 Å². The van der Waals surface area contributed by atoms with Gasteiger partial charge in [0.2, 0.25) is 0 Å². The van der Waals surface area contributed by atoms with Crippen LogP contribution in [0.2, 0.25) is 0 Å². The van der Waals surface area contributed by atoms with Gasteiger partial charge in [-0.25, -0.2) is 0 Å². The number of allylic oxidation sites excluding steroid dienone is 1. The summed E-state index contributed by atoms with van der Waals surface area (Å²) in [5.74, 6) is -0.0882. The van der Waals surface area contributed by atoms with Gasteiger partial charge in [0.15, 0.2) is 0 Å². The molecular formula is C25H40O5. The Hall–Kier alpha value is -1.36. The van der Waals surface area contributed by atoms with Crippen molar-refractivity contribution in [2.24, 2.45) is 22.7 Å². The average Bonchev–Trinajstić information content (AvgIpc) is 3.03. The summed E-state index contributed by atoms with van der Waals surface area (Å²) in [6, 6.07) is 0. The fourth-order valence-electron chi connectivity index (χ4n) is 6.64. The predicted octanol–water partition coefficient (Wildman–Crippen LogP) is 5.22. The molecule has 5 atom stereocenters. The van der Waals surface area contributed by atoms with Crippen LogP contribution >= 0.6 is 0 Å². The van der Waals surface area contributed by atoms with Crippen LogP contribution in [-0.4, -0.2) is 36.9 Å². The molecule has 1 saturated heterocycles. The van der Waals surface area contributed by atoms with E-state index < -0.39 is 5.60 Å². The maximum atomic E-state index is 12.2. The third-order valence-electron chi connectivity index (χ3n) is 8.46. The Morgan fingerprint density at radius 2 is 1.87 bits per heavy atom. The molecule has 5 nitrogen and oxygen atoms in total. The summed E-state index contributed by atoms with van der Waals surface area (Å²) in [6.45, 7) is 13.1. The van der Waals surface area contributed by atoms with Gasteiger partial charge in [-0.15, -0.1) is 0 Å². The summed E-state index contributed by atoms with van der Waals surface area (Å²) in [4.78, 5) is 24.2. The highest BCUT2D eigenvalue weighted by molar-refractivity contribution is 5.71. The Morgan fingerprint density at radius 1 is 1.17 bits per heavy atom. The first kappa shape index (κ1) is 23.3. The predicted molar refractivity (Wildman–Crippen MR) is 116 cm³/mol. The average molecular weight is 421 g/mol. The molecule has 1 saturated carbocycles. The number of hydrogen-bond donors (Lipinski definition) is 0. The van der Waals surface area contributed by atoms with Gasteiger partial charge in [0, 0.05) is 10.8 Å². The van der Waals surface area contributed by atoms with E-state index in [2.05, 4.69) is 26.8 Å². The van der Waals surface area contributed by atoms with E-state index in [4.69, 9.17) is 14.2 Å². The molecule has 0 unspecified atom stereocenters. The van der Waals surface area contributed by atoms with E-state index in [0.717, 1.165) is 38.5 Å². The topological polar surface area (TPSA) is 61.8 Å². The summed E-state index contributed by atoms with van der Waals surface area (Å²) < 4.78 is 17.6. The number of rotatable bonds is 5. The maximum Gasteiger partial charge on any atom is 0.308 e. The molecule has 0 aromatic rings. The number of ether oxygens (including phenoxy) is 3. The summed E-state index contributed by atoms with van der Waals surface area (Å²) in [6.07, 6.45) is 8.59. The SMILES string of the molecule is COC(=O)C[C@]1(C)CC[C@@]2(O1)C(C)=CC[C@H]1[C@](C)(COC(=O)C(C)C)CCC[C@@]12C. The summed E-state index contributed by atoms with van der Waals surface area (Å²) in [7, 11) is 1.44. The van der Waals surface area contributed by atoms with Crippen molar-refractivity contribution in [3.05, 3.63) is 11.6 Å². The number of fused-ring (bicyclic) bond motifs is 2. The van der Waals surface area contributed by atoms with Crippen LogP contribution in [0.5, 0.6) is 0 Å². The monoisotopic (exact) mass is 420 g/mol. The maximum absolute atomic E-state index is 12.2. The lowest BCUT2D eigenvalue weighted by atomic mass is 9.46. The van der Waals surface area contributed by atoms with Crippen molar-refractivity contribution in [2.45, 2.75) is 97.7 Å². The molecule has 2 fully saturated rings. The van der Waals surface area contributed by atoms with Crippen LogP contribution in [0, 0.1) is 22.7 Å².